The van der Waals surface area contributed by atoms with E-state index in [1.165, 1.54) is 6.07 Å². The predicted molar refractivity (Wildman–Crippen MR) is 146 cm³/mol. The molecule has 5 rings (SSSR count). The number of aromatic nitrogens is 2. The molecule has 2 aromatic carbocycles. The van der Waals surface area contributed by atoms with E-state index in [-0.39, 0.29) is 23.8 Å². The first-order valence-electron chi connectivity index (χ1n) is 11.9. The van der Waals surface area contributed by atoms with E-state index in [0.29, 0.717) is 28.7 Å². The number of halogens is 1. The highest BCUT2D eigenvalue weighted by molar-refractivity contribution is 7.80. The molecule has 1 aliphatic heterocycles. The molecule has 188 valence electrons. The zero-order chi connectivity index (χ0) is 25.9. The maximum atomic E-state index is 14.9. The standard InChI is InChI=1S/C28H26FN5O2S/c1-3-25(35)31-20-14-13-18(17-24(20)36-2)34-27(26(32-28(34)37)21-10-6-7-15-30-21)23-12-8-16-33(23)22-11-5-4-9-19(22)29/h4-17,26-27H,3H2,1-2H3,(H,31,35)(H,32,37). The van der Waals surface area contributed by atoms with E-state index >= 15 is 0 Å². The number of anilines is 2. The average molecular weight is 516 g/mol. The van der Waals surface area contributed by atoms with Crippen LogP contribution in [0.3, 0.4) is 0 Å². The Morgan fingerprint density at radius 2 is 1.95 bits per heavy atom. The summed E-state index contributed by atoms with van der Waals surface area (Å²) in [6, 6.07) is 21.1. The van der Waals surface area contributed by atoms with Gasteiger partial charge in [-0.3, -0.25) is 9.78 Å². The van der Waals surface area contributed by atoms with E-state index < -0.39 is 0 Å². The molecule has 2 atom stereocenters. The largest absolute Gasteiger partial charge is 0.494 e. The number of pyridine rings is 1. The number of nitrogens with one attached hydrogen (secondary N) is 2. The van der Waals surface area contributed by atoms with Crippen LogP contribution in [0.2, 0.25) is 0 Å². The van der Waals surface area contributed by atoms with Gasteiger partial charge in [0.1, 0.15) is 17.6 Å². The summed E-state index contributed by atoms with van der Waals surface area (Å²) < 4.78 is 22.3. The molecule has 37 heavy (non-hydrogen) atoms. The Bertz CT molecular complexity index is 1440. The zero-order valence-corrected chi connectivity index (χ0v) is 21.2. The van der Waals surface area contributed by atoms with Gasteiger partial charge in [-0.1, -0.05) is 25.1 Å². The van der Waals surface area contributed by atoms with Crippen LogP contribution < -0.4 is 20.3 Å². The number of carbonyl (C=O) groups excluding carboxylic acids is 1. The third kappa shape index (κ3) is 4.65. The van der Waals surface area contributed by atoms with E-state index in [2.05, 4.69) is 15.6 Å². The topological polar surface area (TPSA) is 71.4 Å². The molecule has 4 aromatic rings. The SMILES string of the molecule is CCC(=O)Nc1ccc(N2C(=S)NC(c3ccccn3)C2c2cccn2-c2ccccc2F)cc1OC. The highest BCUT2D eigenvalue weighted by atomic mass is 32.1. The summed E-state index contributed by atoms with van der Waals surface area (Å²) >= 11 is 5.83. The lowest BCUT2D eigenvalue weighted by atomic mass is 10.0. The van der Waals surface area contributed by atoms with E-state index in [9.17, 15) is 9.18 Å². The molecule has 0 saturated carbocycles. The first kappa shape index (κ1) is 24.5. The minimum atomic E-state index is -0.363. The quantitative estimate of drug-likeness (QED) is 0.315. The molecule has 0 bridgehead atoms. The van der Waals surface area contributed by atoms with Crippen molar-refractivity contribution in [3.05, 3.63) is 102 Å². The second-order valence-electron chi connectivity index (χ2n) is 8.54. The summed E-state index contributed by atoms with van der Waals surface area (Å²) in [6.45, 7) is 1.79. The zero-order valence-electron chi connectivity index (χ0n) is 20.4. The Kier molecular flexibility index (Phi) is 6.87. The summed E-state index contributed by atoms with van der Waals surface area (Å²) in [5.41, 5.74) is 3.40. The van der Waals surface area contributed by atoms with E-state index in [4.69, 9.17) is 17.0 Å². The molecule has 2 aromatic heterocycles. The summed E-state index contributed by atoms with van der Waals surface area (Å²) in [7, 11) is 1.55. The normalized spacial score (nSPS) is 16.9. The molecule has 0 aliphatic carbocycles. The maximum Gasteiger partial charge on any atom is 0.224 e. The lowest BCUT2D eigenvalue weighted by molar-refractivity contribution is -0.115. The fourth-order valence-corrected chi connectivity index (χ4v) is 4.95. The molecule has 1 amide bonds. The maximum absolute atomic E-state index is 14.9. The van der Waals surface area contributed by atoms with Crippen LogP contribution in [0.15, 0.2) is 85.2 Å². The Labute approximate surface area is 219 Å². The van der Waals surface area contributed by atoms with Crippen molar-refractivity contribution in [1.29, 1.82) is 0 Å². The average Bonchev–Trinajstić information content (AvgIpc) is 3.53. The van der Waals surface area contributed by atoms with Crippen molar-refractivity contribution in [1.82, 2.24) is 14.9 Å². The van der Waals surface area contributed by atoms with Crippen LogP contribution >= 0.6 is 12.2 Å². The number of ether oxygens (including phenoxy) is 1. The van der Waals surface area contributed by atoms with E-state index in [1.54, 1.807) is 38.4 Å². The van der Waals surface area contributed by atoms with Crippen molar-refractivity contribution in [3.63, 3.8) is 0 Å². The Morgan fingerprint density at radius 3 is 2.68 bits per heavy atom. The van der Waals surface area contributed by atoms with Crippen LogP contribution in [0.4, 0.5) is 15.8 Å². The molecule has 2 N–H and O–H groups in total. The summed E-state index contributed by atoms with van der Waals surface area (Å²) in [5.74, 6) is 0.0685. The molecular formula is C28H26FN5O2S. The monoisotopic (exact) mass is 515 g/mol. The number of hydrogen-bond donors (Lipinski definition) is 2. The summed E-state index contributed by atoms with van der Waals surface area (Å²) in [4.78, 5) is 18.6. The van der Waals surface area contributed by atoms with Gasteiger partial charge in [-0.25, -0.2) is 4.39 Å². The minimum absolute atomic E-state index is 0.111. The number of methoxy groups -OCH3 is 1. The number of thiocarbonyl (C=S) groups is 1. The van der Waals surface area contributed by atoms with E-state index in [0.717, 1.165) is 17.1 Å². The lowest BCUT2D eigenvalue weighted by Gasteiger charge is -2.29. The van der Waals surface area contributed by atoms with Gasteiger partial charge in [-0.05, 0) is 60.7 Å². The smallest absolute Gasteiger partial charge is 0.224 e. The van der Waals surface area contributed by atoms with Crippen LogP contribution in [0.1, 0.15) is 36.8 Å². The third-order valence-electron chi connectivity index (χ3n) is 6.35. The molecule has 2 unspecified atom stereocenters. The van der Waals surface area contributed by atoms with Gasteiger partial charge in [0.15, 0.2) is 5.11 Å². The highest BCUT2D eigenvalue weighted by Crippen LogP contribution is 2.44. The second-order valence-corrected chi connectivity index (χ2v) is 8.92. The number of amides is 1. The minimum Gasteiger partial charge on any atom is -0.494 e. The first-order valence-corrected chi connectivity index (χ1v) is 12.3. The van der Waals surface area contributed by atoms with Crippen molar-refractivity contribution in [2.75, 3.05) is 17.3 Å². The fourth-order valence-electron chi connectivity index (χ4n) is 4.61. The van der Waals surface area contributed by atoms with Crippen LogP contribution in [0, 0.1) is 5.82 Å². The van der Waals surface area contributed by atoms with E-state index in [1.807, 2.05) is 64.2 Å². The molecule has 1 saturated heterocycles. The Morgan fingerprint density at radius 1 is 1.14 bits per heavy atom. The fraction of sp³-hybridized carbons (Fsp3) is 0.179. The number of hydrogen-bond acceptors (Lipinski definition) is 4. The molecule has 1 aliphatic rings. The molecular weight excluding hydrogens is 489 g/mol. The lowest BCUT2D eigenvalue weighted by Crippen LogP contribution is -2.30. The summed E-state index contributed by atoms with van der Waals surface area (Å²) in [6.07, 6.45) is 3.93. The van der Waals surface area contributed by atoms with Gasteiger partial charge in [0.05, 0.1) is 30.2 Å². The number of rotatable bonds is 7. The Balaban J connectivity index is 1.64. The van der Waals surface area contributed by atoms with Crippen molar-refractivity contribution in [3.8, 4) is 11.4 Å². The third-order valence-corrected chi connectivity index (χ3v) is 6.67. The molecule has 9 heteroatoms. The van der Waals surface area contributed by atoms with Gasteiger partial charge in [0.25, 0.3) is 0 Å². The molecule has 3 heterocycles. The number of carbonyl (C=O) groups is 1. The second kappa shape index (κ2) is 10.4. The van der Waals surface area contributed by atoms with Crippen LogP contribution in [0.25, 0.3) is 5.69 Å². The number of benzene rings is 2. The van der Waals surface area contributed by atoms with Gasteiger partial charge < -0.3 is 24.8 Å². The van der Waals surface area contributed by atoms with Crippen molar-refractivity contribution < 1.29 is 13.9 Å². The van der Waals surface area contributed by atoms with Crippen LogP contribution in [-0.4, -0.2) is 27.7 Å². The van der Waals surface area contributed by atoms with Gasteiger partial charge in [-0.2, -0.15) is 0 Å². The van der Waals surface area contributed by atoms with Crippen molar-refractivity contribution in [2.24, 2.45) is 0 Å². The first-order chi connectivity index (χ1) is 18.0. The molecule has 7 nitrogen and oxygen atoms in total. The Hall–Kier alpha value is -4.24. The molecule has 1 fully saturated rings. The van der Waals surface area contributed by atoms with Gasteiger partial charge >= 0.3 is 0 Å². The highest BCUT2D eigenvalue weighted by Gasteiger charge is 2.42. The predicted octanol–water partition coefficient (Wildman–Crippen LogP) is 5.55. The summed E-state index contributed by atoms with van der Waals surface area (Å²) in [5, 5.41) is 6.78. The number of nitrogens with zero attached hydrogens (tertiary/aromatic N) is 3. The van der Waals surface area contributed by atoms with Crippen molar-refractivity contribution >= 4 is 34.6 Å². The van der Waals surface area contributed by atoms with Gasteiger partial charge in [0.2, 0.25) is 5.91 Å². The van der Waals surface area contributed by atoms with Crippen LogP contribution in [-0.2, 0) is 4.79 Å². The number of para-hydroxylation sites is 1. The van der Waals surface area contributed by atoms with Gasteiger partial charge in [-0.15, -0.1) is 0 Å². The van der Waals surface area contributed by atoms with Crippen LogP contribution in [0.5, 0.6) is 5.75 Å². The van der Waals surface area contributed by atoms with Gasteiger partial charge in [0, 0.05) is 36.3 Å². The van der Waals surface area contributed by atoms with Crippen molar-refractivity contribution in [2.45, 2.75) is 25.4 Å². The molecule has 0 spiro atoms. The molecule has 0 radical (unpaired) electrons.